The van der Waals surface area contributed by atoms with Crippen LogP contribution in [0.3, 0.4) is 0 Å². The third-order valence-electron chi connectivity index (χ3n) is 5.00. The summed E-state index contributed by atoms with van der Waals surface area (Å²) in [4.78, 5) is 9.90. The topological polar surface area (TPSA) is 42.5 Å². The van der Waals surface area contributed by atoms with Crippen LogP contribution in [0, 0.1) is 0 Å². The summed E-state index contributed by atoms with van der Waals surface area (Å²) in [5.74, 6) is 0. The third-order valence-corrected chi connectivity index (χ3v) is 5.85. The first-order valence-corrected chi connectivity index (χ1v) is 10.9. The van der Waals surface area contributed by atoms with Crippen LogP contribution < -0.4 is 4.80 Å². The van der Waals surface area contributed by atoms with Gasteiger partial charge in [0.15, 0.2) is 0 Å². The van der Waals surface area contributed by atoms with Crippen LogP contribution >= 0.6 is 11.3 Å². The first kappa shape index (κ1) is 19.2. The normalized spacial score (nSPS) is 12.1. The van der Waals surface area contributed by atoms with Gasteiger partial charge in [0, 0.05) is 28.9 Å². The van der Waals surface area contributed by atoms with Crippen molar-refractivity contribution in [1.29, 1.82) is 0 Å². The molecule has 0 spiro atoms. The predicted octanol–water partition coefficient (Wildman–Crippen LogP) is 5.75. The van der Waals surface area contributed by atoms with Crippen LogP contribution in [0.25, 0.3) is 22.0 Å². The maximum Gasteiger partial charge on any atom is 0.206 e. The number of benzene rings is 3. The number of aromatic nitrogens is 2. The highest BCUT2D eigenvalue weighted by atomic mass is 32.1. The van der Waals surface area contributed by atoms with Crippen LogP contribution in [-0.4, -0.2) is 15.9 Å². The van der Waals surface area contributed by atoms with E-state index in [0.717, 1.165) is 21.6 Å². The second kappa shape index (κ2) is 8.90. The molecule has 2 heterocycles. The van der Waals surface area contributed by atoms with Gasteiger partial charge in [-0.05, 0) is 22.4 Å². The van der Waals surface area contributed by atoms with E-state index < -0.39 is 0 Å². The lowest BCUT2D eigenvalue weighted by Crippen LogP contribution is -2.12. The quantitative estimate of drug-likeness (QED) is 0.334. The molecule has 0 fully saturated rings. The van der Waals surface area contributed by atoms with Crippen LogP contribution in [0.5, 0.6) is 0 Å². The van der Waals surface area contributed by atoms with Crippen LogP contribution in [0.15, 0.2) is 113 Å². The summed E-state index contributed by atoms with van der Waals surface area (Å²) < 4.78 is 1.93. The molecule has 31 heavy (non-hydrogen) atoms. The lowest BCUT2D eigenvalue weighted by molar-refractivity contribution is 0.825. The highest BCUT2D eigenvalue weighted by Gasteiger charge is 2.10. The zero-order valence-electron chi connectivity index (χ0n) is 16.8. The lowest BCUT2D eigenvalue weighted by Gasteiger charge is -2.07. The predicted molar refractivity (Wildman–Crippen MR) is 128 cm³/mol. The Morgan fingerprint density at radius 3 is 2.58 bits per heavy atom. The minimum atomic E-state index is 0.610. The monoisotopic (exact) mass is 420 g/mol. The van der Waals surface area contributed by atoms with E-state index >= 15 is 0 Å². The Hall–Kier alpha value is -3.83. The van der Waals surface area contributed by atoms with E-state index in [0.29, 0.717) is 6.54 Å². The van der Waals surface area contributed by atoms with Gasteiger partial charge in [-0.15, -0.1) is 11.3 Å². The van der Waals surface area contributed by atoms with E-state index in [-0.39, 0.29) is 0 Å². The molecule has 0 aliphatic carbocycles. The van der Waals surface area contributed by atoms with E-state index in [4.69, 9.17) is 10.1 Å². The van der Waals surface area contributed by atoms with Crippen molar-refractivity contribution in [2.24, 2.45) is 10.1 Å². The molecular formula is C26H20N4S. The number of rotatable bonds is 5. The van der Waals surface area contributed by atoms with E-state index in [9.17, 15) is 0 Å². The molecule has 3 aromatic carbocycles. The molecule has 0 aliphatic rings. The molecule has 2 aromatic heterocycles. The molecule has 0 unspecified atom stereocenters. The number of hydrogen-bond acceptors (Lipinski definition) is 4. The van der Waals surface area contributed by atoms with Crippen molar-refractivity contribution in [1.82, 2.24) is 9.66 Å². The summed E-state index contributed by atoms with van der Waals surface area (Å²) in [6.07, 6.45) is 5.39. The molecule has 0 N–H and O–H groups in total. The highest BCUT2D eigenvalue weighted by molar-refractivity contribution is 7.07. The summed E-state index contributed by atoms with van der Waals surface area (Å²) in [6, 6.07) is 29.0. The molecule has 0 amide bonds. The lowest BCUT2D eigenvalue weighted by atomic mass is 10.0. The first-order chi connectivity index (χ1) is 15.4. The highest BCUT2D eigenvalue weighted by Crippen LogP contribution is 2.29. The van der Waals surface area contributed by atoms with Crippen LogP contribution in [0.1, 0.15) is 11.1 Å². The van der Waals surface area contributed by atoms with Crippen LogP contribution in [-0.2, 0) is 6.54 Å². The summed E-state index contributed by atoms with van der Waals surface area (Å²) in [7, 11) is 0. The fraction of sp³-hybridized carbons (Fsp3) is 0.0385. The van der Waals surface area contributed by atoms with Crippen LogP contribution in [0.4, 0.5) is 0 Å². The van der Waals surface area contributed by atoms with E-state index in [1.54, 1.807) is 23.7 Å². The molecule has 4 nitrogen and oxygen atoms in total. The summed E-state index contributed by atoms with van der Waals surface area (Å²) in [5, 5.41) is 9.33. The van der Waals surface area contributed by atoms with E-state index in [1.807, 2.05) is 41.2 Å². The third kappa shape index (κ3) is 4.22. The van der Waals surface area contributed by atoms with Gasteiger partial charge in [0.2, 0.25) is 4.80 Å². The summed E-state index contributed by atoms with van der Waals surface area (Å²) >= 11 is 1.60. The van der Waals surface area contributed by atoms with Gasteiger partial charge in [-0.3, -0.25) is 9.98 Å². The van der Waals surface area contributed by atoms with Gasteiger partial charge < -0.3 is 0 Å². The van der Waals surface area contributed by atoms with Crippen molar-refractivity contribution >= 4 is 28.3 Å². The Bertz CT molecular complexity index is 1390. The van der Waals surface area contributed by atoms with Crippen molar-refractivity contribution in [3.63, 3.8) is 0 Å². The molecule has 0 radical (unpaired) electrons. The van der Waals surface area contributed by atoms with Crippen LogP contribution in [0.2, 0.25) is 0 Å². The standard InChI is InChI=1S/C26H20N4S/c1-2-8-20(9-3-1)17-28-26-30(29-18-21-10-7-15-27-16-21)25(19-31-26)24-14-6-12-22-11-4-5-13-23(22)24/h1-16,18-19H,17H2. The second-order valence-corrected chi connectivity index (χ2v) is 7.91. The van der Waals surface area contributed by atoms with Crippen molar-refractivity contribution in [2.75, 3.05) is 0 Å². The largest absolute Gasteiger partial charge is 0.264 e. The van der Waals surface area contributed by atoms with Gasteiger partial charge in [0.1, 0.15) is 0 Å². The zero-order chi connectivity index (χ0) is 20.9. The fourth-order valence-corrected chi connectivity index (χ4v) is 4.30. The molecule has 0 aliphatic heterocycles. The minimum absolute atomic E-state index is 0.610. The maximum atomic E-state index is 4.87. The molecular weight excluding hydrogens is 400 g/mol. The van der Waals surface area contributed by atoms with Gasteiger partial charge in [0.25, 0.3) is 0 Å². The Labute approximate surface area is 184 Å². The Morgan fingerprint density at radius 2 is 1.71 bits per heavy atom. The smallest absolute Gasteiger partial charge is 0.206 e. The summed E-state index contributed by atoms with van der Waals surface area (Å²) in [5.41, 5.74) is 4.28. The van der Waals surface area contributed by atoms with Gasteiger partial charge in [-0.2, -0.15) is 5.10 Å². The zero-order valence-corrected chi connectivity index (χ0v) is 17.6. The molecule has 150 valence electrons. The number of thiazole rings is 1. The number of fused-ring (bicyclic) bond motifs is 1. The van der Waals surface area contributed by atoms with Crippen molar-refractivity contribution in [2.45, 2.75) is 6.54 Å². The molecule has 0 saturated carbocycles. The Morgan fingerprint density at radius 1 is 0.871 bits per heavy atom. The van der Waals surface area contributed by atoms with Crippen molar-refractivity contribution in [3.8, 4) is 11.3 Å². The van der Waals surface area contributed by atoms with Gasteiger partial charge in [-0.1, -0.05) is 78.9 Å². The fourth-order valence-electron chi connectivity index (χ4n) is 3.47. The molecule has 0 bridgehead atoms. The van der Waals surface area contributed by atoms with Gasteiger partial charge in [-0.25, -0.2) is 4.68 Å². The number of pyridine rings is 1. The Balaban J connectivity index is 1.64. The van der Waals surface area contributed by atoms with Crippen molar-refractivity contribution < 1.29 is 0 Å². The minimum Gasteiger partial charge on any atom is -0.264 e. The molecule has 5 aromatic rings. The molecule has 5 rings (SSSR count). The molecule has 0 saturated heterocycles. The van der Waals surface area contributed by atoms with Gasteiger partial charge >= 0.3 is 0 Å². The first-order valence-electron chi connectivity index (χ1n) is 10.1. The molecule has 0 atom stereocenters. The molecule has 5 heteroatoms. The average Bonchev–Trinajstić information content (AvgIpc) is 3.25. The maximum absolute atomic E-state index is 4.87. The Kier molecular flexibility index (Phi) is 5.50. The number of nitrogens with zero attached hydrogens (tertiary/aromatic N) is 4. The second-order valence-electron chi connectivity index (χ2n) is 7.07. The van der Waals surface area contributed by atoms with E-state index in [1.165, 1.54) is 16.3 Å². The average molecular weight is 421 g/mol. The summed E-state index contributed by atoms with van der Waals surface area (Å²) in [6.45, 7) is 0.610. The number of hydrogen-bond donors (Lipinski definition) is 0. The SMILES string of the molecule is C(=Nn1c(-c2cccc3ccccc23)csc1=NCc1ccccc1)c1cccnc1. The van der Waals surface area contributed by atoms with Gasteiger partial charge in [0.05, 0.1) is 18.5 Å². The van der Waals surface area contributed by atoms with E-state index in [2.05, 4.69) is 65.0 Å². The van der Waals surface area contributed by atoms with Crippen molar-refractivity contribution in [3.05, 3.63) is 119 Å².